The standard InChI is InChI=1S/C24H23BrN2O4/c1-15-6-8-16(9-7-15)14-31-21-11-10-17(13-20(21)25)12-19-22(28)26-24(30)27(23(19)29)18-4-2-3-5-18/h6-13,18H,2-5,14H2,1H3,(H,26,28,30)/b19-12+. The van der Waals surface area contributed by atoms with Crippen molar-refractivity contribution in [2.45, 2.75) is 45.3 Å². The smallest absolute Gasteiger partial charge is 0.331 e. The highest BCUT2D eigenvalue weighted by atomic mass is 79.9. The van der Waals surface area contributed by atoms with Gasteiger partial charge in [0.2, 0.25) is 0 Å². The third-order valence-corrected chi connectivity index (χ3v) is 6.22. The molecule has 0 radical (unpaired) electrons. The SMILES string of the molecule is Cc1ccc(COc2ccc(/C=C3\C(=O)NC(=O)N(C4CCCC4)C3=O)cc2Br)cc1. The number of barbiturate groups is 1. The average Bonchev–Trinajstić information content (AvgIpc) is 3.26. The van der Waals surface area contributed by atoms with Crippen LogP contribution in [0.2, 0.25) is 0 Å². The molecule has 2 aliphatic rings. The molecule has 1 heterocycles. The van der Waals surface area contributed by atoms with E-state index in [9.17, 15) is 14.4 Å². The maximum atomic E-state index is 12.9. The van der Waals surface area contributed by atoms with Crippen LogP contribution in [0.25, 0.3) is 6.08 Å². The Hall–Kier alpha value is -2.93. The molecular formula is C24H23BrN2O4. The van der Waals surface area contributed by atoms with E-state index in [-0.39, 0.29) is 11.6 Å². The molecule has 1 aliphatic carbocycles. The minimum absolute atomic E-state index is 0.0354. The molecule has 6 nitrogen and oxygen atoms in total. The number of nitrogens with one attached hydrogen (secondary N) is 1. The molecule has 1 N–H and O–H groups in total. The van der Waals surface area contributed by atoms with Crippen LogP contribution in [-0.4, -0.2) is 28.8 Å². The first-order valence-electron chi connectivity index (χ1n) is 10.3. The second-order valence-corrected chi connectivity index (χ2v) is 8.75. The van der Waals surface area contributed by atoms with Gasteiger partial charge in [-0.15, -0.1) is 0 Å². The second kappa shape index (κ2) is 9.06. The number of carbonyl (C=O) groups excluding carboxylic acids is 3. The summed E-state index contributed by atoms with van der Waals surface area (Å²) in [4.78, 5) is 38.7. The summed E-state index contributed by atoms with van der Waals surface area (Å²) < 4.78 is 6.59. The maximum absolute atomic E-state index is 12.9. The lowest BCUT2D eigenvalue weighted by atomic mass is 10.1. The van der Waals surface area contributed by atoms with Crippen LogP contribution in [0.1, 0.15) is 42.4 Å². The number of carbonyl (C=O) groups is 3. The van der Waals surface area contributed by atoms with E-state index in [1.807, 2.05) is 31.2 Å². The first kappa shape index (κ1) is 21.3. The van der Waals surface area contributed by atoms with Crippen LogP contribution in [0.5, 0.6) is 5.75 Å². The number of halogens is 1. The van der Waals surface area contributed by atoms with E-state index in [0.717, 1.165) is 31.2 Å². The molecule has 2 fully saturated rings. The molecular weight excluding hydrogens is 460 g/mol. The molecule has 0 spiro atoms. The van der Waals surface area contributed by atoms with Gasteiger partial charge in [-0.05, 0) is 65.0 Å². The van der Waals surface area contributed by atoms with Crippen LogP contribution in [0, 0.1) is 6.92 Å². The van der Waals surface area contributed by atoms with Gasteiger partial charge < -0.3 is 4.74 Å². The Labute approximate surface area is 189 Å². The summed E-state index contributed by atoms with van der Waals surface area (Å²) in [6.45, 7) is 2.47. The van der Waals surface area contributed by atoms with E-state index in [2.05, 4.69) is 21.2 Å². The molecule has 4 rings (SSSR count). The third kappa shape index (κ3) is 4.71. The van der Waals surface area contributed by atoms with Gasteiger partial charge in [0, 0.05) is 6.04 Å². The fourth-order valence-electron chi connectivity index (χ4n) is 3.90. The van der Waals surface area contributed by atoms with Gasteiger partial charge in [-0.1, -0.05) is 48.7 Å². The van der Waals surface area contributed by atoms with Gasteiger partial charge in [0.05, 0.1) is 4.47 Å². The van der Waals surface area contributed by atoms with Crippen molar-refractivity contribution < 1.29 is 19.1 Å². The number of hydrogen-bond acceptors (Lipinski definition) is 4. The number of ether oxygens (including phenoxy) is 1. The Morgan fingerprint density at radius 1 is 1.10 bits per heavy atom. The van der Waals surface area contributed by atoms with Crippen LogP contribution in [0.3, 0.4) is 0 Å². The molecule has 4 amide bonds. The summed E-state index contributed by atoms with van der Waals surface area (Å²) in [5.41, 5.74) is 2.88. The van der Waals surface area contributed by atoms with Gasteiger partial charge in [0.25, 0.3) is 11.8 Å². The minimum Gasteiger partial charge on any atom is -0.488 e. The number of aryl methyl sites for hydroxylation is 1. The molecule has 0 unspecified atom stereocenters. The van der Waals surface area contributed by atoms with E-state index in [1.54, 1.807) is 18.2 Å². The van der Waals surface area contributed by atoms with Crippen molar-refractivity contribution in [2.24, 2.45) is 0 Å². The highest BCUT2D eigenvalue weighted by Crippen LogP contribution is 2.30. The summed E-state index contributed by atoms with van der Waals surface area (Å²) in [6.07, 6.45) is 5.02. The molecule has 0 bridgehead atoms. The van der Waals surface area contributed by atoms with Crippen molar-refractivity contribution in [3.8, 4) is 5.75 Å². The van der Waals surface area contributed by atoms with E-state index < -0.39 is 17.8 Å². The first-order valence-corrected chi connectivity index (χ1v) is 11.1. The zero-order valence-electron chi connectivity index (χ0n) is 17.2. The number of hydrogen-bond donors (Lipinski definition) is 1. The molecule has 1 aliphatic heterocycles. The Morgan fingerprint density at radius 3 is 2.48 bits per heavy atom. The summed E-state index contributed by atoms with van der Waals surface area (Å²) in [6, 6.07) is 12.7. The topological polar surface area (TPSA) is 75.7 Å². The Balaban J connectivity index is 1.51. The van der Waals surface area contributed by atoms with Crippen molar-refractivity contribution >= 4 is 39.9 Å². The van der Waals surface area contributed by atoms with Crippen molar-refractivity contribution in [2.75, 3.05) is 0 Å². The number of imide groups is 2. The van der Waals surface area contributed by atoms with Crippen molar-refractivity contribution in [3.63, 3.8) is 0 Å². The molecule has 0 aromatic heterocycles. The normalized spacial score (nSPS) is 18.6. The van der Waals surface area contributed by atoms with Crippen LogP contribution < -0.4 is 10.1 Å². The fourth-order valence-corrected chi connectivity index (χ4v) is 4.41. The van der Waals surface area contributed by atoms with Gasteiger partial charge in [-0.2, -0.15) is 0 Å². The fraction of sp³-hybridized carbons (Fsp3) is 0.292. The first-order chi connectivity index (χ1) is 14.9. The molecule has 7 heteroatoms. The van der Waals surface area contributed by atoms with Crippen molar-refractivity contribution in [1.82, 2.24) is 10.2 Å². The largest absolute Gasteiger partial charge is 0.488 e. The van der Waals surface area contributed by atoms with Gasteiger partial charge in [0.15, 0.2) is 0 Å². The molecule has 2 aromatic carbocycles. The highest BCUT2D eigenvalue weighted by molar-refractivity contribution is 9.10. The van der Waals surface area contributed by atoms with Gasteiger partial charge in [0.1, 0.15) is 17.9 Å². The number of urea groups is 1. The van der Waals surface area contributed by atoms with Crippen LogP contribution in [0.4, 0.5) is 4.79 Å². The lowest BCUT2D eigenvalue weighted by Crippen LogP contribution is -2.57. The van der Waals surface area contributed by atoms with Crippen LogP contribution in [0.15, 0.2) is 52.5 Å². The molecule has 160 valence electrons. The summed E-state index contributed by atoms with van der Waals surface area (Å²) >= 11 is 3.50. The Bertz CT molecular complexity index is 1060. The Kier molecular flexibility index (Phi) is 6.23. The minimum atomic E-state index is -0.667. The molecule has 31 heavy (non-hydrogen) atoms. The molecule has 0 atom stereocenters. The van der Waals surface area contributed by atoms with Crippen LogP contribution in [-0.2, 0) is 16.2 Å². The maximum Gasteiger partial charge on any atom is 0.331 e. The zero-order chi connectivity index (χ0) is 22.0. The molecule has 1 saturated carbocycles. The second-order valence-electron chi connectivity index (χ2n) is 7.89. The lowest BCUT2D eigenvalue weighted by Gasteiger charge is -2.31. The van der Waals surface area contributed by atoms with E-state index >= 15 is 0 Å². The zero-order valence-corrected chi connectivity index (χ0v) is 18.8. The van der Waals surface area contributed by atoms with Crippen molar-refractivity contribution in [1.29, 1.82) is 0 Å². The quantitative estimate of drug-likeness (QED) is 0.493. The van der Waals surface area contributed by atoms with Gasteiger partial charge in [-0.3, -0.25) is 19.8 Å². The average molecular weight is 483 g/mol. The van der Waals surface area contributed by atoms with E-state index in [0.29, 0.717) is 22.4 Å². The van der Waals surface area contributed by atoms with E-state index in [4.69, 9.17) is 4.74 Å². The predicted molar refractivity (Wildman–Crippen MR) is 120 cm³/mol. The summed E-state index contributed by atoms with van der Waals surface area (Å²) in [5.74, 6) is -0.540. The highest BCUT2D eigenvalue weighted by Gasteiger charge is 2.40. The number of amides is 4. The molecule has 1 saturated heterocycles. The molecule has 2 aromatic rings. The lowest BCUT2D eigenvalue weighted by molar-refractivity contribution is -0.131. The Morgan fingerprint density at radius 2 is 1.81 bits per heavy atom. The van der Waals surface area contributed by atoms with E-state index in [1.165, 1.54) is 16.5 Å². The number of rotatable bonds is 5. The van der Waals surface area contributed by atoms with Crippen LogP contribution >= 0.6 is 15.9 Å². The van der Waals surface area contributed by atoms with Gasteiger partial charge >= 0.3 is 6.03 Å². The predicted octanol–water partition coefficient (Wildman–Crippen LogP) is 4.74. The van der Waals surface area contributed by atoms with Crippen molar-refractivity contribution in [3.05, 3.63) is 69.2 Å². The monoisotopic (exact) mass is 482 g/mol. The summed E-state index contributed by atoms with van der Waals surface area (Å²) in [5, 5.41) is 2.30. The number of benzene rings is 2. The van der Waals surface area contributed by atoms with Gasteiger partial charge in [-0.25, -0.2) is 4.79 Å². The third-order valence-electron chi connectivity index (χ3n) is 5.60. The summed E-state index contributed by atoms with van der Waals surface area (Å²) in [7, 11) is 0. The number of nitrogens with zero attached hydrogens (tertiary/aromatic N) is 1.